The first-order chi connectivity index (χ1) is 11.9. The summed E-state index contributed by atoms with van der Waals surface area (Å²) in [6, 6.07) is 11.4. The van der Waals surface area contributed by atoms with Crippen LogP contribution in [0.2, 0.25) is 0 Å². The SMILES string of the molecule is CCNS(=O)(=O)c1cc(C(=O)Nc2ccc(Br)cc2)ccc1OCC. The number of hydrogen-bond acceptors (Lipinski definition) is 4. The maximum absolute atomic E-state index is 12.4. The molecule has 0 aliphatic heterocycles. The van der Waals surface area contributed by atoms with E-state index in [4.69, 9.17) is 4.74 Å². The fourth-order valence-corrected chi connectivity index (χ4v) is 3.61. The number of amides is 1. The lowest BCUT2D eigenvalue weighted by molar-refractivity contribution is 0.102. The van der Waals surface area contributed by atoms with Crippen LogP contribution in [-0.4, -0.2) is 27.5 Å². The molecule has 2 aromatic rings. The first-order valence-corrected chi connectivity index (χ1v) is 9.98. The average molecular weight is 427 g/mol. The Labute approximate surface area is 155 Å². The molecule has 0 spiro atoms. The molecule has 8 heteroatoms. The van der Waals surface area contributed by atoms with Gasteiger partial charge in [-0.25, -0.2) is 13.1 Å². The zero-order valence-electron chi connectivity index (χ0n) is 13.9. The summed E-state index contributed by atoms with van der Waals surface area (Å²) in [7, 11) is -3.76. The first-order valence-electron chi connectivity index (χ1n) is 7.70. The summed E-state index contributed by atoms with van der Waals surface area (Å²) in [6.07, 6.45) is 0. The number of rotatable bonds is 7. The van der Waals surface area contributed by atoms with Gasteiger partial charge in [-0.05, 0) is 49.4 Å². The van der Waals surface area contributed by atoms with Crippen LogP contribution in [-0.2, 0) is 10.0 Å². The van der Waals surface area contributed by atoms with Gasteiger partial charge in [0.15, 0.2) is 0 Å². The zero-order valence-corrected chi connectivity index (χ0v) is 16.3. The zero-order chi connectivity index (χ0) is 18.4. The average Bonchev–Trinajstić information content (AvgIpc) is 2.57. The summed E-state index contributed by atoms with van der Waals surface area (Å²) in [4.78, 5) is 12.4. The van der Waals surface area contributed by atoms with E-state index in [1.807, 2.05) is 0 Å². The van der Waals surface area contributed by atoms with Crippen molar-refractivity contribution in [2.75, 3.05) is 18.5 Å². The minimum Gasteiger partial charge on any atom is -0.492 e. The molecule has 0 saturated carbocycles. The summed E-state index contributed by atoms with van der Waals surface area (Å²) >= 11 is 3.33. The molecule has 0 atom stereocenters. The monoisotopic (exact) mass is 426 g/mol. The minimum absolute atomic E-state index is 0.0559. The van der Waals surface area contributed by atoms with Crippen LogP contribution in [0.5, 0.6) is 5.75 Å². The predicted octanol–water partition coefficient (Wildman–Crippen LogP) is 3.40. The summed E-state index contributed by atoms with van der Waals surface area (Å²) in [5, 5.41) is 2.73. The smallest absolute Gasteiger partial charge is 0.255 e. The number of anilines is 1. The van der Waals surface area contributed by atoms with E-state index in [1.54, 1.807) is 38.1 Å². The molecule has 0 aliphatic carbocycles. The third-order valence-corrected chi connectivity index (χ3v) is 5.33. The molecule has 1 amide bonds. The van der Waals surface area contributed by atoms with Crippen molar-refractivity contribution in [3.63, 3.8) is 0 Å². The minimum atomic E-state index is -3.76. The molecule has 134 valence electrons. The lowest BCUT2D eigenvalue weighted by Gasteiger charge is -2.13. The Morgan fingerprint density at radius 2 is 1.80 bits per heavy atom. The summed E-state index contributed by atoms with van der Waals surface area (Å²) < 4.78 is 33.4. The number of nitrogens with one attached hydrogen (secondary N) is 2. The fraction of sp³-hybridized carbons (Fsp3) is 0.235. The maximum atomic E-state index is 12.4. The topological polar surface area (TPSA) is 84.5 Å². The van der Waals surface area contributed by atoms with E-state index in [-0.39, 0.29) is 22.8 Å². The van der Waals surface area contributed by atoms with Crippen molar-refractivity contribution >= 4 is 37.5 Å². The van der Waals surface area contributed by atoms with Crippen LogP contribution < -0.4 is 14.8 Å². The Balaban J connectivity index is 2.35. The quantitative estimate of drug-likeness (QED) is 0.710. The second kappa shape index (κ2) is 8.46. The van der Waals surface area contributed by atoms with E-state index in [1.165, 1.54) is 18.2 Å². The van der Waals surface area contributed by atoms with Crippen LogP contribution >= 0.6 is 15.9 Å². The third-order valence-electron chi connectivity index (χ3n) is 3.23. The van der Waals surface area contributed by atoms with Gasteiger partial charge < -0.3 is 10.1 Å². The van der Waals surface area contributed by atoms with E-state index in [0.29, 0.717) is 12.3 Å². The van der Waals surface area contributed by atoms with Crippen LogP contribution in [0.25, 0.3) is 0 Å². The second-order valence-corrected chi connectivity index (χ2v) is 7.71. The molecule has 25 heavy (non-hydrogen) atoms. The van der Waals surface area contributed by atoms with Gasteiger partial charge in [-0.1, -0.05) is 22.9 Å². The molecule has 0 saturated heterocycles. The van der Waals surface area contributed by atoms with Crippen molar-refractivity contribution in [1.82, 2.24) is 4.72 Å². The van der Waals surface area contributed by atoms with Gasteiger partial charge in [-0.2, -0.15) is 0 Å². The van der Waals surface area contributed by atoms with Gasteiger partial charge in [0, 0.05) is 22.3 Å². The van der Waals surface area contributed by atoms with Crippen molar-refractivity contribution < 1.29 is 17.9 Å². The van der Waals surface area contributed by atoms with Gasteiger partial charge in [-0.3, -0.25) is 4.79 Å². The predicted molar refractivity (Wildman–Crippen MR) is 101 cm³/mol. The Morgan fingerprint density at radius 1 is 1.12 bits per heavy atom. The van der Waals surface area contributed by atoms with Gasteiger partial charge >= 0.3 is 0 Å². The van der Waals surface area contributed by atoms with Gasteiger partial charge in [0.1, 0.15) is 10.6 Å². The van der Waals surface area contributed by atoms with Crippen molar-refractivity contribution in [3.05, 3.63) is 52.5 Å². The lowest BCUT2D eigenvalue weighted by Crippen LogP contribution is -2.24. The van der Waals surface area contributed by atoms with Crippen molar-refractivity contribution in [2.24, 2.45) is 0 Å². The Bertz CT molecular complexity index is 851. The molecule has 2 aromatic carbocycles. The highest BCUT2D eigenvalue weighted by Gasteiger charge is 2.21. The van der Waals surface area contributed by atoms with Crippen LogP contribution in [0, 0.1) is 0 Å². The van der Waals surface area contributed by atoms with Crippen LogP contribution in [0.3, 0.4) is 0 Å². The summed E-state index contributed by atoms with van der Waals surface area (Å²) in [6.45, 7) is 4.00. The Morgan fingerprint density at radius 3 is 2.40 bits per heavy atom. The number of sulfonamides is 1. The molecule has 0 unspecified atom stereocenters. The van der Waals surface area contributed by atoms with Gasteiger partial charge in [-0.15, -0.1) is 0 Å². The normalized spacial score (nSPS) is 11.2. The van der Waals surface area contributed by atoms with Crippen LogP contribution in [0.1, 0.15) is 24.2 Å². The van der Waals surface area contributed by atoms with E-state index in [0.717, 1.165) is 4.47 Å². The van der Waals surface area contributed by atoms with Crippen LogP contribution in [0.4, 0.5) is 5.69 Å². The van der Waals surface area contributed by atoms with E-state index in [2.05, 4.69) is 26.0 Å². The number of carbonyl (C=O) groups is 1. The second-order valence-electron chi connectivity index (χ2n) is 5.06. The van der Waals surface area contributed by atoms with Crippen LogP contribution in [0.15, 0.2) is 51.8 Å². The molecule has 0 bridgehead atoms. The van der Waals surface area contributed by atoms with Crippen molar-refractivity contribution in [1.29, 1.82) is 0 Å². The molecule has 0 radical (unpaired) electrons. The summed E-state index contributed by atoms with van der Waals surface area (Å²) in [5.41, 5.74) is 0.834. The lowest BCUT2D eigenvalue weighted by atomic mass is 10.2. The summed E-state index contributed by atoms with van der Waals surface area (Å²) in [5.74, 6) is -0.193. The highest BCUT2D eigenvalue weighted by molar-refractivity contribution is 9.10. The fourth-order valence-electron chi connectivity index (χ4n) is 2.14. The number of hydrogen-bond donors (Lipinski definition) is 2. The molecular formula is C17H19BrN2O4S. The Hall–Kier alpha value is -1.90. The highest BCUT2D eigenvalue weighted by Crippen LogP contribution is 2.26. The number of carbonyl (C=O) groups excluding carboxylic acids is 1. The third kappa shape index (κ3) is 5.04. The number of halogens is 1. The van der Waals surface area contributed by atoms with Crippen molar-refractivity contribution in [3.8, 4) is 5.75 Å². The Kier molecular flexibility index (Phi) is 6.57. The molecule has 0 fully saturated rings. The number of ether oxygens (including phenoxy) is 1. The molecule has 0 heterocycles. The standard InChI is InChI=1S/C17H19BrN2O4S/c1-3-19-25(22,23)16-11-12(5-10-15(16)24-4-2)17(21)20-14-8-6-13(18)7-9-14/h5-11,19H,3-4H2,1-2H3,(H,20,21). The molecule has 6 nitrogen and oxygen atoms in total. The van der Waals surface area contributed by atoms with E-state index >= 15 is 0 Å². The molecule has 0 aliphatic rings. The van der Waals surface area contributed by atoms with Gasteiger partial charge in [0.05, 0.1) is 6.61 Å². The van der Waals surface area contributed by atoms with E-state index in [9.17, 15) is 13.2 Å². The number of benzene rings is 2. The van der Waals surface area contributed by atoms with E-state index < -0.39 is 15.9 Å². The van der Waals surface area contributed by atoms with Crippen molar-refractivity contribution in [2.45, 2.75) is 18.7 Å². The molecule has 2 rings (SSSR count). The van der Waals surface area contributed by atoms with Gasteiger partial charge in [0.25, 0.3) is 5.91 Å². The largest absolute Gasteiger partial charge is 0.492 e. The molecular weight excluding hydrogens is 408 g/mol. The molecule has 2 N–H and O–H groups in total. The van der Waals surface area contributed by atoms with Gasteiger partial charge in [0.2, 0.25) is 10.0 Å². The first kappa shape index (κ1) is 19.4. The maximum Gasteiger partial charge on any atom is 0.255 e. The molecule has 0 aromatic heterocycles. The highest BCUT2D eigenvalue weighted by atomic mass is 79.9.